The fourth-order valence-corrected chi connectivity index (χ4v) is 2.82. The van der Waals surface area contributed by atoms with Crippen LogP contribution >= 0.6 is 0 Å². The van der Waals surface area contributed by atoms with Crippen LogP contribution in [-0.2, 0) is 24.2 Å². The monoisotopic (exact) mass is 312 g/mol. The summed E-state index contributed by atoms with van der Waals surface area (Å²) in [6.45, 7) is 1.07. The van der Waals surface area contributed by atoms with E-state index in [1.807, 2.05) is 6.07 Å². The van der Waals surface area contributed by atoms with Gasteiger partial charge in [0.15, 0.2) is 0 Å². The number of phenols is 1. The second kappa shape index (κ2) is 6.08. The molecule has 1 amide bonds. The third kappa shape index (κ3) is 3.31. The van der Waals surface area contributed by atoms with Crippen LogP contribution in [0.25, 0.3) is 0 Å². The average molecular weight is 312 g/mol. The van der Waals surface area contributed by atoms with Crippen LogP contribution < -0.4 is 0 Å². The molecule has 0 aliphatic carbocycles. The van der Waals surface area contributed by atoms with Gasteiger partial charge in [-0.15, -0.1) is 0 Å². The summed E-state index contributed by atoms with van der Waals surface area (Å²) >= 11 is 0. The molecular formula is C17H16N2O4. The van der Waals surface area contributed by atoms with Gasteiger partial charge >= 0.3 is 0 Å². The second-order valence-electron chi connectivity index (χ2n) is 5.62. The molecule has 1 N–H and O–H groups in total. The molecule has 0 saturated heterocycles. The van der Waals surface area contributed by atoms with Gasteiger partial charge in [-0.3, -0.25) is 14.9 Å². The van der Waals surface area contributed by atoms with Crippen molar-refractivity contribution in [3.05, 3.63) is 69.3 Å². The molecule has 23 heavy (non-hydrogen) atoms. The number of carbonyl (C=O) groups is 1. The van der Waals surface area contributed by atoms with Crippen molar-refractivity contribution in [3.63, 3.8) is 0 Å². The van der Waals surface area contributed by atoms with Gasteiger partial charge in [-0.1, -0.05) is 18.2 Å². The van der Waals surface area contributed by atoms with Crippen molar-refractivity contribution in [2.75, 3.05) is 6.54 Å². The van der Waals surface area contributed by atoms with Gasteiger partial charge in [-0.25, -0.2) is 0 Å². The Labute approximate surface area is 133 Å². The van der Waals surface area contributed by atoms with Gasteiger partial charge in [0.25, 0.3) is 5.69 Å². The first-order valence-electron chi connectivity index (χ1n) is 7.35. The number of aromatic hydroxyl groups is 1. The molecule has 0 fully saturated rings. The first kappa shape index (κ1) is 15.0. The summed E-state index contributed by atoms with van der Waals surface area (Å²) in [6, 6.07) is 11.4. The number of fused-ring (bicyclic) bond motifs is 1. The van der Waals surface area contributed by atoms with Crippen LogP contribution in [0.5, 0.6) is 5.75 Å². The smallest absolute Gasteiger partial charge is 0.269 e. The van der Waals surface area contributed by atoms with E-state index in [0.29, 0.717) is 18.7 Å². The molecule has 2 aromatic carbocycles. The predicted molar refractivity (Wildman–Crippen MR) is 84.0 cm³/mol. The highest BCUT2D eigenvalue weighted by atomic mass is 16.6. The van der Waals surface area contributed by atoms with E-state index >= 15 is 0 Å². The quantitative estimate of drug-likeness (QED) is 0.697. The van der Waals surface area contributed by atoms with Crippen molar-refractivity contribution in [1.29, 1.82) is 0 Å². The molecule has 0 atom stereocenters. The lowest BCUT2D eigenvalue weighted by Crippen LogP contribution is -2.36. The number of nitro groups is 1. The molecule has 1 aliphatic heterocycles. The molecule has 1 aliphatic rings. The lowest BCUT2D eigenvalue weighted by molar-refractivity contribution is -0.384. The predicted octanol–water partition coefficient (Wildman–Crippen LogP) is 2.43. The largest absolute Gasteiger partial charge is 0.508 e. The second-order valence-corrected chi connectivity index (χ2v) is 5.62. The lowest BCUT2D eigenvalue weighted by Gasteiger charge is -2.29. The summed E-state index contributed by atoms with van der Waals surface area (Å²) in [5.41, 5.74) is 2.71. The third-order valence-electron chi connectivity index (χ3n) is 4.03. The Morgan fingerprint density at radius 2 is 2.04 bits per heavy atom. The van der Waals surface area contributed by atoms with E-state index in [0.717, 1.165) is 17.5 Å². The average Bonchev–Trinajstić information content (AvgIpc) is 2.54. The fourth-order valence-electron chi connectivity index (χ4n) is 2.82. The Morgan fingerprint density at radius 3 is 2.83 bits per heavy atom. The summed E-state index contributed by atoms with van der Waals surface area (Å²) in [5.74, 6) is 0.122. The molecule has 118 valence electrons. The minimum atomic E-state index is -0.464. The number of non-ortho nitro benzene ring substituents is 1. The normalized spacial score (nSPS) is 13.5. The maximum Gasteiger partial charge on any atom is 0.269 e. The molecule has 6 heteroatoms. The van der Waals surface area contributed by atoms with E-state index < -0.39 is 4.92 Å². The van der Waals surface area contributed by atoms with Crippen molar-refractivity contribution in [2.24, 2.45) is 0 Å². The Kier molecular flexibility index (Phi) is 3.97. The van der Waals surface area contributed by atoms with Crippen molar-refractivity contribution >= 4 is 11.6 Å². The topological polar surface area (TPSA) is 83.7 Å². The summed E-state index contributed by atoms with van der Waals surface area (Å²) in [5, 5.41) is 20.4. The van der Waals surface area contributed by atoms with Gasteiger partial charge in [-0.05, 0) is 35.2 Å². The fraction of sp³-hybridized carbons (Fsp3) is 0.235. The summed E-state index contributed by atoms with van der Waals surface area (Å²) in [4.78, 5) is 24.5. The maximum absolute atomic E-state index is 12.4. The van der Waals surface area contributed by atoms with Gasteiger partial charge in [0.2, 0.25) is 5.91 Å². The number of benzene rings is 2. The molecule has 0 aromatic heterocycles. The highest BCUT2D eigenvalue weighted by Gasteiger charge is 2.21. The van der Waals surface area contributed by atoms with Crippen molar-refractivity contribution < 1.29 is 14.8 Å². The first-order valence-corrected chi connectivity index (χ1v) is 7.35. The van der Waals surface area contributed by atoms with Crippen LogP contribution in [0.15, 0.2) is 42.5 Å². The molecule has 0 spiro atoms. The molecule has 3 rings (SSSR count). The van der Waals surface area contributed by atoms with Gasteiger partial charge < -0.3 is 10.0 Å². The zero-order valence-corrected chi connectivity index (χ0v) is 12.4. The van der Waals surface area contributed by atoms with Gasteiger partial charge in [0.1, 0.15) is 5.75 Å². The molecule has 0 radical (unpaired) electrons. The van der Waals surface area contributed by atoms with Crippen LogP contribution in [-0.4, -0.2) is 27.4 Å². The third-order valence-corrected chi connectivity index (χ3v) is 4.03. The number of rotatable bonds is 3. The number of amides is 1. The summed E-state index contributed by atoms with van der Waals surface area (Å²) < 4.78 is 0. The molecule has 0 bridgehead atoms. The zero-order chi connectivity index (χ0) is 16.4. The van der Waals surface area contributed by atoms with E-state index in [4.69, 9.17) is 0 Å². The number of nitrogens with zero attached hydrogens (tertiary/aromatic N) is 2. The highest BCUT2D eigenvalue weighted by molar-refractivity contribution is 5.79. The molecule has 1 heterocycles. The minimum Gasteiger partial charge on any atom is -0.508 e. The minimum absolute atomic E-state index is 0.00999. The van der Waals surface area contributed by atoms with E-state index in [2.05, 4.69) is 0 Å². The summed E-state index contributed by atoms with van der Waals surface area (Å²) in [6.07, 6.45) is 0.881. The van der Waals surface area contributed by atoms with E-state index in [9.17, 15) is 20.0 Å². The van der Waals surface area contributed by atoms with Gasteiger partial charge in [-0.2, -0.15) is 0 Å². The summed E-state index contributed by atoms with van der Waals surface area (Å²) in [7, 11) is 0. The molecule has 0 unspecified atom stereocenters. The molecular weight excluding hydrogens is 296 g/mol. The van der Waals surface area contributed by atoms with Crippen LogP contribution in [0.1, 0.15) is 16.7 Å². The van der Waals surface area contributed by atoms with Crippen molar-refractivity contribution in [2.45, 2.75) is 19.4 Å². The van der Waals surface area contributed by atoms with E-state index in [-0.39, 0.29) is 23.8 Å². The van der Waals surface area contributed by atoms with Crippen LogP contribution in [0.2, 0.25) is 0 Å². The molecule has 2 aromatic rings. The molecule has 0 saturated carbocycles. The van der Waals surface area contributed by atoms with Crippen molar-refractivity contribution in [1.82, 2.24) is 4.90 Å². The zero-order valence-electron chi connectivity index (χ0n) is 12.4. The van der Waals surface area contributed by atoms with E-state index in [1.165, 1.54) is 12.1 Å². The first-order chi connectivity index (χ1) is 11.0. The Hall–Kier alpha value is -2.89. The maximum atomic E-state index is 12.4. The lowest BCUT2D eigenvalue weighted by atomic mass is 9.99. The van der Waals surface area contributed by atoms with Gasteiger partial charge in [0.05, 0.1) is 11.3 Å². The number of phenolic OH excluding ortho intramolecular Hbond substituents is 1. The number of carbonyl (C=O) groups excluding carboxylic acids is 1. The van der Waals surface area contributed by atoms with Crippen LogP contribution in [0, 0.1) is 10.1 Å². The number of hydrogen-bond donors (Lipinski definition) is 1. The van der Waals surface area contributed by atoms with Crippen molar-refractivity contribution in [3.8, 4) is 5.75 Å². The van der Waals surface area contributed by atoms with Crippen LogP contribution in [0.3, 0.4) is 0 Å². The Balaban J connectivity index is 1.72. The van der Waals surface area contributed by atoms with E-state index in [1.54, 1.807) is 29.2 Å². The number of hydrogen-bond acceptors (Lipinski definition) is 4. The Morgan fingerprint density at radius 1 is 1.22 bits per heavy atom. The SMILES string of the molecule is O=C(Cc1cccc([N+](=O)[O-])c1)N1CCc2ccc(O)cc2C1. The standard InChI is InChI=1S/C17H16N2O4/c20-16-5-4-13-6-7-18(11-14(13)10-16)17(21)9-12-2-1-3-15(8-12)19(22)23/h1-5,8,10,20H,6-7,9,11H2. The highest BCUT2D eigenvalue weighted by Crippen LogP contribution is 2.24. The van der Waals surface area contributed by atoms with Gasteiger partial charge in [0, 0.05) is 25.2 Å². The number of nitro benzene ring substituents is 1. The molecule has 6 nitrogen and oxygen atoms in total. The Bertz CT molecular complexity index is 773. The van der Waals surface area contributed by atoms with Crippen LogP contribution in [0.4, 0.5) is 5.69 Å².